The lowest BCUT2D eigenvalue weighted by Gasteiger charge is -2.27. The van der Waals surface area contributed by atoms with Crippen LogP contribution in [0.15, 0.2) is 18.2 Å². The SMILES string of the molecule is COc1cc(C(=O)NCC(C(=O)O)C2CCOCC2)ccc1C. The van der Waals surface area contributed by atoms with E-state index in [2.05, 4.69) is 5.32 Å². The van der Waals surface area contributed by atoms with Crippen LogP contribution in [0.5, 0.6) is 5.75 Å². The van der Waals surface area contributed by atoms with Crippen molar-refractivity contribution in [1.82, 2.24) is 5.32 Å². The minimum absolute atomic E-state index is 0.0362. The molecule has 1 atom stereocenters. The standard InChI is InChI=1S/C17H23NO5/c1-11-3-4-13(9-15(11)22-2)16(19)18-10-14(17(20)21)12-5-7-23-8-6-12/h3-4,9,12,14H,5-8,10H2,1-2H3,(H,18,19)(H,20,21). The lowest BCUT2D eigenvalue weighted by molar-refractivity contribution is -0.144. The second kappa shape index (κ2) is 7.97. The number of carboxylic acid groups (broad SMARTS) is 1. The summed E-state index contributed by atoms with van der Waals surface area (Å²) in [5.41, 5.74) is 1.40. The summed E-state index contributed by atoms with van der Waals surface area (Å²) in [5, 5.41) is 12.1. The molecule has 126 valence electrons. The Labute approximate surface area is 135 Å². The fourth-order valence-corrected chi connectivity index (χ4v) is 2.84. The van der Waals surface area contributed by atoms with Gasteiger partial charge in [-0.05, 0) is 43.4 Å². The maximum absolute atomic E-state index is 12.2. The summed E-state index contributed by atoms with van der Waals surface area (Å²) in [7, 11) is 1.55. The highest BCUT2D eigenvalue weighted by atomic mass is 16.5. The van der Waals surface area contributed by atoms with Gasteiger partial charge in [-0.15, -0.1) is 0 Å². The van der Waals surface area contributed by atoms with E-state index >= 15 is 0 Å². The number of amides is 1. The lowest BCUT2D eigenvalue weighted by atomic mass is 9.86. The molecule has 1 aliphatic rings. The van der Waals surface area contributed by atoms with Crippen LogP contribution < -0.4 is 10.1 Å². The van der Waals surface area contributed by atoms with Gasteiger partial charge in [0.05, 0.1) is 13.0 Å². The highest BCUT2D eigenvalue weighted by Gasteiger charge is 2.30. The second-order valence-corrected chi connectivity index (χ2v) is 5.79. The number of carbonyl (C=O) groups is 2. The zero-order valence-electron chi connectivity index (χ0n) is 13.5. The van der Waals surface area contributed by atoms with Crippen LogP contribution in [0.4, 0.5) is 0 Å². The zero-order chi connectivity index (χ0) is 16.8. The molecule has 6 nitrogen and oxygen atoms in total. The lowest BCUT2D eigenvalue weighted by Crippen LogP contribution is -2.39. The molecule has 0 saturated carbocycles. The van der Waals surface area contributed by atoms with Crippen molar-refractivity contribution < 1.29 is 24.2 Å². The van der Waals surface area contributed by atoms with E-state index < -0.39 is 11.9 Å². The number of rotatable bonds is 6. The molecule has 1 unspecified atom stereocenters. The van der Waals surface area contributed by atoms with Crippen LogP contribution in [0.25, 0.3) is 0 Å². The Morgan fingerprint density at radius 2 is 2.09 bits per heavy atom. The summed E-state index contributed by atoms with van der Waals surface area (Å²) >= 11 is 0. The molecule has 1 saturated heterocycles. The number of ether oxygens (including phenoxy) is 2. The van der Waals surface area contributed by atoms with E-state index in [1.54, 1.807) is 25.3 Å². The molecule has 0 aliphatic carbocycles. The Morgan fingerprint density at radius 3 is 2.70 bits per heavy atom. The van der Waals surface area contributed by atoms with Crippen LogP contribution in [0.3, 0.4) is 0 Å². The minimum Gasteiger partial charge on any atom is -0.496 e. The van der Waals surface area contributed by atoms with E-state index in [9.17, 15) is 14.7 Å². The van der Waals surface area contributed by atoms with Gasteiger partial charge in [0.2, 0.25) is 0 Å². The van der Waals surface area contributed by atoms with E-state index in [0.29, 0.717) is 37.4 Å². The predicted octanol–water partition coefficient (Wildman–Crippen LogP) is 1.86. The highest BCUT2D eigenvalue weighted by Crippen LogP contribution is 2.24. The average molecular weight is 321 g/mol. The fraction of sp³-hybridized carbons (Fsp3) is 0.529. The summed E-state index contributed by atoms with van der Waals surface area (Å²) in [6, 6.07) is 5.17. The third-order valence-electron chi connectivity index (χ3n) is 4.30. The molecule has 0 radical (unpaired) electrons. The van der Waals surface area contributed by atoms with Crippen LogP contribution in [-0.2, 0) is 9.53 Å². The molecule has 2 rings (SSSR count). The largest absolute Gasteiger partial charge is 0.496 e. The normalized spacial score (nSPS) is 16.6. The van der Waals surface area contributed by atoms with Gasteiger partial charge >= 0.3 is 5.97 Å². The topological polar surface area (TPSA) is 84.9 Å². The van der Waals surface area contributed by atoms with Crippen molar-refractivity contribution in [2.45, 2.75) is 19.8 Å². The second-order valence-electron chi connectivity index (χ2n) is 5.79. The molecule has 6 heteroatoms. The molecule has 0 bridgehead atoms. The molecule has 1 heterocycles. The molecule has 1 aliphatic heterocycles. The third kappa shape index (κ3) is 4.45. The van der Waals surface area contributed by atoms with Gasteiger partial charge in [-0.3, -0.25) is 9.59 Å². The van der Waals surface area contributed by atoms with Gasteiger partial charge in [0, 0.05) is 25.3 Å². The predicted molar refractivity (Wildman–Crippen MR) is 84.7 cm³/mol. The first-order chi connectivity index (χ1) is 11.0. The molecule has 1 aromatic rings. The van der Waals surface area contributed by atoms with Gasteiger partial charge in [0.25, 0.3) is 5.91 Å². The Kier molecular flexibility index (Phi) is 5.98. The van der Waals surface area contributed by atoms with Crippen LogP contribution in [-0.4, -0.2) is 43.9 Å². The summed E-state index contributed by atoms with van der Waals surface area (Å²) in [6.45, 7) is 3.18. The molecule has 23 heavy (non-hydrogen) atoms. The first kappa shape index (κ1) is 17.3. The molecule has 0 aromatic heterocycles. The Balaban J connectivity index is 1.99. The third-order valence-corrected chi connectivity index (χ3v) is 4.30. The Bertz CT molecular complexity index is 566. The summed E-state index contributed by atoms with van der Waals surface area (Å²) < 4.78 is 10.5. The van der Waals surface area contributed by atoms with Crippen molar-refractivity contribution in [2.75, 3.05) is 26.9 Å². The fourth-order valence-electron chi connectivity index (χ4n) is 2.84. The van der Waals surface area contributed by atoms with Gasteiger partial charge in [-0.25, -0.2) is 0 Å². The van der Waals surface area contributed by atoms with Crippen LogP contribution in [0.1, 0.15) is 28.8 Å². The number of hydrogen-bond donors (Lipinski definition) is 2. The van der Waals surface area contributed by atoms with E-state index in [1.165, 1.54) is 0 Å². The molecule has 1 aromatic carbocycles. The van der Waals surface area contributed by atoms with Crippen molar-refractivity contribution in [3.8, 4) is 5.75 Å². The average Bonchev–Trinajstić information content (AvgIpc) is 2.56. The highest BCUT2D eigenvalue weighted by molar-refractivity contribution is 5.95. The molecular weight excluding hydrogens is 298 g/mol. The van der Waals surface area contributed by atoms with Gasteiger partial charge in [0.15, 0.2) is 0 Å². The Morgan fingerprint density at radius 1 is 1.39 bits per heavy atom. The van der Waals surface area contributed by atoms with Crippen LogP contribution >= 0.6 is 0 Å². The van der Waals surface area contributed by atoms with Crippen LogP contribution in [0.2, 0.25) is 0 Å². The maximum atomic E-state index is 12.2. The van der Waals surface area contributed by atoms with Crippen molar-refractivity contribution in [3.05, 3.63) is 29.3 Å². The summed E-state index contributed by atoms with van der Waals surface area (Å²) in [5.74, 6) is -1.08. The van der Waals surface area contributed by atoms with E-state index in [4.69, 9.17) is 9.47 Å². The van der Waals surface area contributed by atoms with Gasteiger partial charge in [0.1, 0.15) is 5.75 Å². The summed E-state index contributed by atoms with van der Waals surface area (Å²) in [4.78, 5) is 23.7. The zero-order valence-corrected chi connectivity index (χ0v) is 13.5. The number of carboxylic acids is 1. The van der Waals surface area contributed by atoms with E-state index in [1.807, 2.05) is 6.92 Å². The smallest absolute Gasteiger partial charge is 0.308 e. The number of nitrogens with one attached hydrogen (secondary N) is 1. The van der Waals surface area contributed by atoms with Gasteiger partial charge in [-0.1, -0.05) is 6.07 Å². The molecule has 0 spiro atoms. The molecular formula is C17H23NO5. The summed E-state index contributed by atoms with van der Waals surface area (Å²) in [6.07, 6.45) is 1.43. The first-order valence-electron chi connectivity index (χ1n) is 7.76. The molecule has 1 amide bonds. The number of aryl methyl sites for hydroxylation is 1. The quantitative estimate of drug-likeness (QED) is 0.835. The Hall–Kier alpha value is -2.08. The number of carbonyl (C=O) groups excluding carboxylic acids is 1. The van der Waals surface area contributed by atoms with Crippen molar-refractivity contribution >= 4 is 11.9 Å². The first-order valence-corrected chi connectivity index (χ1v) is 7.76. The van der Waals surface area contributed by atoms with Crippen LogP contribution in [0, 0.1) is 18.8 Å². The maximum Gasteiger partial charge on any atom is 0.308 e. The van der Waals surface area contributed by atoms with Crippen molar-refractivity contribution in [2.24, 2.45) is 11.8 Å². The number of benzene rings is 1. The minimum atomic E-state index is -0.876. The van der Waals surface area contributed by atoms with E-state index in [-0.39, 0.29) is 18.4 Å². The van der Waals surface area contributed by atoms with Crippen molar-refractivity contribution in [1.29, 1.82) is 0 Å². The van der Waals surface area contributed by atoms with E-state index in [0.717, 1.165) is 5.56 Å². The molecule has 1 fully saturated rings. The monoisotopic (exact) mass is 321 g/mol. The van der Waals surface area contributed by atoms with Crippen molar-refractivity contribution in [3.63, 3.8) is 0 Å². The molecule has 2 N–H and O–H groups in total. The number of aliphatic carboxylic acids is 1. The van der Waals surface area contributed by atoms with Gasteiger partial charge < -0.3 is 19.9 Å². The number of hydrogen-bond acceptors (Lipinski definition) is 4. The number of methoxy groups -OCH3 is 1. The van der Waals surface area contributed by atoms with Gasteiger partial charge in [-0.2, -0.15) is 0 Å².